The zero-order valence-electron chi connectivity index (χ0n) is 18.7. The van der Waals surface area contributed by atoms with E-state index in [0.717, 1.165) is 0 Å². The van der Waals surface area contributed by atoms with E-state index in [9.17, 15) is 22.8 Å². The Labute approximate surface area is 190 Å². The van der Waals surface area contributed by atoms with Gasteiger partial charge in [0.05, 0.1) is 26.2 Å². The van der Waals surface area contributed by atoms with Crippen molar-refractivity contribution in [2.75, 3.05) is 31.7 Å². The lowest BCUT2D eigenvalue weighted by Crippen LogP contribution is -2.34. The van der Waals surface area contributed by atoms with E-state index in [1.54, 1.807) is 36.4 Å². The molecule has 33 heavy (non-hydrogen) atoms. The maximum absolute atomic E-state index is 12.8. The molecule has 0 saturated carbocycles. The molecule has 0 aliphatic heterocycles. The number of benzene rings is 2. The summed E-state index contributed by atoms with van der Waals surface area (Å²) >= 11 is 0. The smallest absolute Gasteiger partial charge is 0.405 e. The summed E-state index contributed by atoms with van der Waals surface area (Å²) in [5, 5.41) is 4.55. The second kappa shape index (κ2) is 12.0. The van der Waals surface area contributed by atoms with Crippen LogP contribution in [0, 0.1) is 0 Å². The normalized spacial score (nSPS) is 11.0. The van der Waals surface area contributed by atoms with E-state index in [4.69, 9.17) is 14.2 Å². The van der Waals surface area contributed by atoms with E-state index in [1.807, 2.05) is 26.1 Å². The molecule has 0 fully saturated rings. The summed E-state index contributed by atoms with van der Waals surface area (Å²) in [6, 6.07) is 9.35. The second-order valence-corrected chi connectivity index (χ2v) is 6.82. The first-order valence-corrected chi connectivity index (χ1v) is 10.5. The first kappa shape index (κ1) is 25.8. The number of nitrogens with one attached hydrogen (secondary N) is 2. The third-order valence-electron chi connectivity index (χ3n) is 4.23. The van der Waals surface area contributed by atoms with Crippen molar-refractivity contribution in [1.29, 1.82) is 0 Å². The highest BCUT2D eigenvalue weighted by Gasteiger charge is 2.27. The Balaban J connectivity index is 2.11. The molecule has 2 amide bonds. The van der Waals surface area contributed by atoms with E-state index in [1.165, 1.54) is 0 Å². The van der Waals surface area contributed by atoms with Crippen molar-refractivity contribution in [2.24, 2.45) is 0 Å². The standard InChI is InChI=1S/C23H27F3N2O5/c1-4-31-18-12-16(13-19(32-5-2)21(18)33-6-3)22(30)28-17-9-7-15(8-10-17)11-20(29)27-14-23(24,25)26/h7-10,12-13H,4-6,11,14H2,1-3H3,(H,27,29)(H,28,30). The molecule has 0 bridgehead atoms. The van der Waals surface area contributed by atoms with Gasteiger partial charge in [0.15, 0.2) is 11.5 Å². The van der Waals surface area contributed by atoms with E-state index in [0.29, 0.717) is 53.9 Å². The molecule has 0 radical (unpaired) electrons. The molecule has 2 N–H and O–H groups in total. The maximum atomic E-state index is 12.8. The molecule has 0 saturated heterocycles. The molecule has 0 aliphatic carbocycles. The van der Waals surface area contributed by atoms with Gasteiger partial charge in [0.2, 0.25) is 11.7 Å². The lowest BCUT2D eigenvalue weighted by atomic mass is 10.1. The Hall–Kier alpha value is -3.43. The lowest BCUT2D eigenvalue weighted by Gasteiger charge is -2.17. The van der Waals surface area contributed by atoms with Crippen LogP contribution in [0.15, 0.2) is 36.4 Å². The number of carbonyl (C=O) groups is 2. The molecule has 7 nitrogen and oxygen atoms in total. The number of halogens is 3. The zero-order valence-corrected chi connectivity index (χ0v) is 18.7. The van der Waals surface area contributed by atoms with Crippen LogP contribution in [0.3, 0.4) is 0 Å². The molecule has 0 unspecified atom stereocenters. The Morgan fingerprint density at radius 1 is 0.879 bits per heavy atom. The largest absolute Gasteiger partial charge is 0.490 e. The van der Waals surface area contributed by atoms with Gasteiger partial charge in [0.25, 0.3) is 5.91 Å². The molecule has 0 aliphatic rings. The molecular formula is C23H27F3N2O5. The highest BCUT2D eigenvalue weighted by Crippen LogP contribution is 2.39. The topological polar surface area (TPSA) is 85.9 Å². The van der Waals surface area contributed by atoms with Crippen LogP contribution in [-0.4, -0.2) is 44.4 Å². The van der Waals surface area contributed by atoms with E-state index < -0.39 is 24.5 Å². The summed E-state index contributed by atoms with van der Waals surface area (Å²) in [5.74, 6) is 0.0262. The van der Waals surface area contributed by atoms with Gasteiger partial charge in [-0.3, -0.25) is 9.59 Å². The number of hydrogen-bond donors (Lipinski definition) is 2. The van der Waals surface area contributed by atoms with Gasteiger partial charge in [-0.05, 0) is 50.6 Å². The van der Waals surface area contributed by atoms with Crippen LogP contribution in [0.5, 0.6) is 17.2 Å². The fraction of sp³-hybridized carbons (Fsp3) is 0.391. The Bertz CT molecular complexity index is 919. The SMILES string of the molecule is CCOc1cc(C(=O)Nc2ccc(CC(=O)NCC(F)(F)F)cc2)cc(OCC)c1OCC. The number of alkyl halides is 3. The Morgan fingerprint density at radius 3 is 1.91 bits per heavy atom. The van der Waals surface area contributed by atoms with Crippen LogP contribution in [-0.2, 0) is 11.2 Å². The zero-order chi connectivity index (χ0) is 24.4. The van der Waals surface area contributed by atoms with Crippen LogP contribution in [0.4, 0.5) is 18.9 Å². The van der Waals surface area contributed by atoms with Crippen molar-refractivity contribution in [1.82, 2.24) is 5.32 Å². The van der Waals surface area contributed by atoms with Crippen molar-refractivity contribution < 1.29 is 37.0 Å². The van der Waals surface area contributed by atoms with E-state index >= 15 is 0 Å². The van der Waals surface area contributed by atoms with Gasteiger partial charge in [0.1, 0.15) is 6.54 Å². The Morgan fingerprint density at radius 2 is 1.42 bits per heavy atom. The van der Waals surface area contributed by atoms with Crippen LogP contribution in [0.2, 0.25) is 0 Å². The molecule has 0 spiro atoms. The van der Waals surface area contributed by atoms with Crippen LogP contribution in [0.1, 0.15) is 36.7 Å². The first-order valence-electron chi connectivity index (χ1n) is 10.5. The summed E-state index contributed by atoms with van der Waals surface area (Å²) < 4.78 is 53.4. The minimum atomic E-state index is -4.46. The highest BCUT2D eigenvalue weighted by atomic mass is 19.4. The predicted molar refractivity (Wildman–Crippen MR) is 117 cm³/mol. The summed E-state index contributed by atoms with van der Waals surface area (Å²) in [6.07, 6.45) is -4.67. The molecule has 0 aromatic heterocycles. The fourth-order valence-corrected chi connectivity index (χ4v) is 2.88. The van der Waals surface area contributed by atoms with Crippen molar-refractivity contribution in [3.63, 3.8) is 0 Å². The molecule has 0 heterocycles. The monoisotopic (exact) mass is 468 g/mol. The van der Waals surface area contributed by atoms with Crippen LogP contribution >= 0.6 is 0 Å². The van der Waals surface area contributed by atoms with Crippen LogP contribution in [0.25, 0.3) is 0 Å². The van der Waals surface area contributed by atoms with E-state index in [-0.39, 0.29) is 6.42 Å². The molecule has 0 atom stereocenters. The number of amides is 2. The van der Waals surface area contributed by atoms with Gasteiger partial charge in [-0.15, -0.1) is 0 Å². The fourth-order valence-electron chi connectivity index (χ4n) is 2.88. The third-order valence-corrected chi connectivity index (χ3v) is 4.23. The van der Waals surface area contributed by atoms with Crippen molar-refractivity contribution in [2.45, 2.75) is 33.4 Å². The Kier molecular flexibility index (Phi) is 9.38. The third kappa shape index (κ3) is 8.21. The van der Waals surface area contributed by atoms with Crippen LogP contribution < -0.4 is 24.8 Å². The number of ether oxygens (including phenoxy) is 3. The quantitative estimate of drug-likeness (QED) is 0.512. The van der Waals surface area contributed by atoms with Gasteiger partial charge in [-0.25, -0.2) is 0 Å². The highest BCUT2D eigenvalue weighted by molar-refractivity contribution is 6.05. The molecule has 180 valence electrons. The van der Waals surface area contributed by atoms with Crippen molar-refractivity contribution >= 4 is 17.5 Å². The molecule has 2 rings (SSSR count). The first-order chi connectivity index (χ1) is 15.7. The molecular weight excluding hydrogens is 441 g/mol. The average Bonchev–Trinajstić information content (AvgIpc) is 2.75. The number of hydrogen-bond acceptors (Lipinski definition) is 5. The predicted octanol–water partition coefficient (Wildman–Crippen LogP) is 4.36. The number of carbonyl (C=O) groups excluding carboxylic acids is 2. The van der Waals surface area contributed by atoms with Crippen molar-refractivity contribution in [3.05, 3.63) is 47.5 Å². The lowest BCUT2D eigenvalue weighted by molar-refractivity contribution is -0.138. The van der Waals surface area contributed by atoms with Gasteiger partial charge >= 0.3 is 6.18 Å². The summed E-state index contributed by atoms with van der Waals surface area (Å²) in [4.78, 5) is 24.4. The maximum Gasteiger partial charge on any atom is 0.405 e. The number of rotatable bonds is 11. The van der Waals surface area contributed by atoms with Gasteiger partial charge in [0, 0.05) is 11.3 Å². The van der Waals surface area contributed by atoms with Crippen molar-refractivity contribution in [3.8, 4) is 17.2 Å². The summed E-state index contributed by atoms with van der Waals surface area (Å²) in [7, 11) is 0. The minimum Gasteiger partial charge on any atom is -0.490 e. The summed E-state index contributed by atoms with van der Waals surface area (Å²) in [6.45, 7) is 5.21. The van der Waals surface area contributed by atoms with Gasteiger partial charge in [-0.1, -0.05) is 12.1 Å². The molecule has 2 aromatic rings. The number of anilines is 1. The van der Waals surface area contributed by atoms with E-state index in [2.05, 4.69) is 5.32 Å². The summed E-state index contributed by atoms with van der Waals surface area (Å²) in [5.41, 5.74) is 1.25. The average molecular weight is 468 g/mol. The van der Waals surface area contributed by atoms with Gasteiger partial charge < -0.3 is 24.8 Å². The molecule has 10 heteroatoms. The molecule has 2 aromatic carbocycles. The minimum absolute atomic E-state index is 0.210. The van der Waals surface area contributed by atoms with Gasteiger partial charge in [-0.2, -0.15) is 13.2 Å². The second-order valence-electron chi connectivity index (χ2n) is 6.82.